The molecule has 0 bridgehead atoms. The Balaban J connectivity index is 1.79. The average Bonchev–Trinajstić information content (AvgIpc) is 3.05. The summed E-state index contributed by atoms with van der Waals surface area (Å²) in [5, 5.41) is 0. The van der Waals surface area contributed by atoms with Gasteiger partial charge >= 0.3 is 0 Å². The molecule has 2 heterocycles. The normalized spacial score (nSPS) is 25.1. The molecule has 138 valence electrons. The van der Waals surface area contributed by atoms with Crippen LogP contribution in [-0.2, 0) is 16.0 Å². The van der Waals surface area contributed by atoms with E-state index in [2.05, 4.69) is 61.0 Å². The molecule has 25 heavy (non-hydrogen) atoms. The van der Waals surface area contributed by atoms with Crippen LogP contribution in [0.5, 0.6) is 0 Å². The highest BCUT2D eigenvalue weighted by atomic mass is 16.5. The minimum absolute atomic E-state index is 0.148. The molecular formula is C21H32N2O2. The number of likely N-dealkylation sites (tertiary alicyclic amines) is 1. The van der Waals surface area contributed by atoms with Crippen LogP contribution >= 0.6 is 0 Å². The molecule has 3 rings (SSSR count). The van der Waals surface area contributed by atoms with Gasteiger partial charge in [-0.25, -0.2) is 0 Å². The number of benzene rings is 1. The molecule has 1 aromatic carbocycles. The van der Waals surface area contributed by atoms with Crippen molar-refractivity contribution < 1.29 is 9.53 Å². The topological polar surface area (TPSA) is 32.8 Å². The molecule has 1 amide bonds. The minimum Gasteiger partial charge on any atom is -0.381 e. The third-order valence-electron chi connectivity index (χ3n) is 5.99. The fourth-order valence-corrected chi connectivity index (χ4v) is 4.25. The van der Waals surface area contributed by atoms with Crippen molar-refractivity contribution in [3.63, 3.8) is 0 Å². The van der Waals surface area contributed by atoms with Gasteiger partial charge in [0.25, 0.3) is 0 Å². The maximum absolute atomic E-state index is 13.2. The standard InChI is InChI=1S/C21H32N2O2/c1-16(2)22(3)19-9-12-23(21(24)18-10-13-25-14-11-18)20(19)15-17-7-5-4-6-8-17/h4-8,16,18-20H,9-15H2,1-3H3/t19-,20+/m1/s1. The van der Waals surface area contributed by atoms with Crippen LogP contribution in [0.25, 0.3) is 0 Å². The summed E-state index contributed by atoms with van der Waals surface area (Å²) in [5.41, 5.74) is 1.32. The fourth-order valence-electron chi connectivity index (χ4n) is 4.25. The van der Waals surface area contributed by atoms with Crippen molar-refractivity contribution in [2.75, 3.05) is 26.8 Å². The van der Waals surface area contributed by atoms with Gasteiger partial charge in [0.2, 0.25) is 5.91 Å². The van der Waals surface area contributed by atoms with Crippen LogP contribution in [0.4, 0.5) is 0 Å². The smallest absolute Gasteiger partial charge is 0.226 e. The molecule has 2 aliphatic rings. The zero-order valence-electron chi connectivity index (χ0n) is 15.9. The lowest BCUT2D eigenvalue weighted by Crippen LogP contribution is -2.50. The SMILES string of the molecule is CC(C)N(C)[C@@H]1CCN(C(=O)C2CCOCC2)[C@H]1Cc1ccccc1. The largest absolute Gasteiger partial charge is 0.381 e. The zero-order valence-corrected chi connectivity index (χ0v) is 15.9. The van der Waals surface area contributed by atoms with Gasteiger partial charge in [-0.2, -0.15) is 0 Å². The molecule has 0 N–H and O–H groups in total. The van der Waals surface area contributed by atoms with Crippen LogP contribution in [0.2, 0.25) is 0 Å². The summed E-state index contributed by atoms with van der Waals surface area (Å²) in [7, 11) is 2.20. The molecule has 0 radical (unpaired) electrons. The Bertz CT molecular complexity index is 554. The van der Waals surface area contributed by atoms with Crippen LogP contribution in [0.3, 0.4) is 0 Å². The van der Waals surface area contributed by atoms with Gasteiger partial charge in [0.05, 0.1) is 6.04 Å². The summed E-state index contributed by atoms with van der Waals surface area (Å²) in [6.07, 6.45) is 3.76. The predicted octanol–water partition coefficient (Wildman–Crippen LogP) is 2.97. The second-order valence-corrected chi connectivity index (χ2v) is 7.79. The number of hydrogen-bond acceptors (Lipinski definition) is 3. The summed E-state index contributed by atoms with van der Waals surface area (Å²) in [6, 6.07) is 11.8. The number of nitrogens with zero attached hydrogens (tertiary/aromatic N) is 2. The maximum Gasteiger partial charge on any atom is 0.226 e. The van der Waals surface area contributed by atoms with Crippen LogP contribution in [0.15, 0.2) is 30.3 Å². The van der Waals surface area contributed by atoms with E-state index in [9.17, 15) is 4.79 Å². The Morgan fingerprint density at radius 2 is 1.88 bits per heavy atom. The number of carbonyl (C=O) groups is 1. The minimum atomic E-state index is 0.148. The molecule has 0 aliphatic carbocycles. The highest BCUT2D eigenvalue weighted by Crippen LogP contribution is 2.30. The highest BCUT2D eigenvalue weighted by Gasteiger charge is 2.41. The molecular weight excluding hydrogens is 312 g/mol. The lowest BCUT2D eigenvalue weighted by atomic mass is 9.95. The van der Waals surface area contributed by atoms with Gasteiger partial charge in [-0.15, -0.1) is 0 Å². The van der Waals surface area contributed by atoms with E-state index in [0.29, 0.717) is 18.0 Å². The van der Waals surface area contributed by atoms with E-state index < -0.39 is 0 Å². The Kier molecular flexibility index (Phi) is 6.13. The third kappa shape index (κ3) is 4.24. The monoisotopic (exact) mass is 344 g/mol. The lowest BCUT2D eigenvalue weighted by Gasteiger charge is -2.37. The molecule has 4 nitrogen and oxygen atoms in total. The predicted molar refractivity (Wildman–Crippen MR) is 100 cm³/mol. The maximum atomic E-state index is 13.2. The molecule has 4 heteroatoms. The van der Waals surface area contributed by atoms with E-state index in [0.717, 1.165) is 45.4 Å². The van der Waals surface area contributed by atoms with E-state index in [-0.39, 0.29) is 12.0 Å². The second kappa shape index (κ2) is 8.33. The van der Waals surface area contributed by atoms with Crippen LogP contribution in [-0.4, -0.2) is 60.6 Å². The third-order valence-corrected chi connectivity index (χ3v) is 5.99. The number of carbonyl (C=O) groups excluding carboxylic acids is 1. The number of ether oxygens (including phenoxy) is 1. The van der Waals surface area contributed by atoms with E-state index in [1.165, 1.54) is 5.56 Å². The summed E-state index contributed by atoms with van der Waals surface area (Å²) in [5.74, 6) is 0.499. The van der Waals surface area contributed by atoms with Crippen molar-refractivity contribution in [2.45, 2.75) is 57.7 Å². The van der Waals surface area contributed by atoms with Gasteiger partial charge in [-0.05, 0) is 52.1 Å². The summed E-state index contributed by atoms with van der Waals surface area (Å²) in [6.45, 7) is 6.81. The van der Waals surface area contributed by atoms with Crippen molar-refractivity contribution in [3.05, 3.63) is 35.9 Å². The van der Waals surface area contributed by atoms with Gasteiger partial charge in [0, 0.05) is 37.8 Å². The Labute approximate surface area is 152 Å². The summed E-state index contributed by atoms with van der Waals surface area (Å²) >= 11 is 0. The van der Waals surface area contributed by atoms with E-state index in [1.54, 1.807) is 0 Å². The highest BCUT2D eigenvalue weighted by molar-refractivity contribution is 5.79. The van der Waals surface area contributed by atoms with Crippen molar-refractivity contribution in [1.29, 1.82) is 0 Å². The molecule has 0 spiro atoms. The molecule has 0 unspecified atom stereocenters. The van der Waals surface area contributed by atoms with Crippen molar-refractivity contribution >= 4 is 5.91 Å². The average molecular weight is 344 g/mol. The number of likely N-dealkylation sites (N-methyl/N-ethyl adjacent to an activating group) is 1. The van der Waals surface area contributed by atoms with Crippen LogP contribution in [0.1, 0.15) is 38.7 Å². The first-order chi connectivity index (χ1) is 12.1. The first kappa shape index (κ1) is 18.4. The van der Waals surface area contributed by atoms with Crippen molar-refractivity contribution in [2.24, 2.45) is 5.92 Å². The Morgan fingerprint density at radius 1 is 1.20 bits per heavy atom. The molecule has 0 aromatic heterocycles. The van der Waals surface area contributed by atoms with Crippen molar-refractivity contribution in [3.8, 4) is 0 Å². The molecule has 2 atom stereocenters. The van der Waals surface area contributed by atoms with Crippen molar-refractivity contribution in [1.82, 2.24) is 9.80 Å². The van der Waals surface area contributed by atoms with E-state index >= 15 is 0 Å². The summed E-state index contributed by atoms with van der Waals surface area (Å²) in [4.78, 5) is 17.8. The zero-order chi connectivity index (χ0) is 17.8. The van der Waals surface area contributed by atoms with Gasteiger partial charge in [-0.3, -0.25) is 9.69 Å². The Hall–Kier alpha value is -1.39. The number of amides is 1. The second-order valence-electron chi connectivity index (χ2n) is 7.79. The van der Waals surface area contributed by atoms with Gasteiger partial charge in [0.1, 0.15) is 0 Å². The quantitative estimate of drug-likeness (QED) is 0.823. The fraction of sp³-hybridized carbons (Fsp3) is 0.667. The molecule has 2 aliphatic heterocycles. The first-order valence-corrected chi connectivity index (χ1v) is 9.72. The van der Waals surface area contributed by atoms with Crippen LogP contribution in [0, 0.1) is 5.92 Å². The summed E-state index contributed by atoms with van der Waals surface area (Å²) < 4.78 is 5.45. The van der Waals surface area contributed by atoms with Crippen LogP contribution < -0.4 is 0 Å². The first-order valence-electron chi connectivity index (χ1n) is 9.72. The van der Waals surface area contributed by atoms with Gasteiger partial charge in [-0.1, -0.05) is 30.3 Å². The lowest BCUT2D eigenvalue weighted by molar-refractivity contribution is -0.139. The molecule has 0 saturated carbocycles. The molecule has 1 aromatic rings. The Morgan fingerprint density at radius 3 is 2.52 bits per heavy atom. The van der Waals surface area contributed by atoms with E-state index in [1.807, 2.05) is 0 Å². The van der Waals surface area contributed by atoms with Gasteiger partial charge in [0.15, 0.2) is 0 Å². The van der Waals surface area contributed by atoms with E-state index in [4.69, 9.17) is 4.74 Å². The number of rotatable bonds is 5. The van der Waals surface area contributed by atoms with Gasteiger partial charge < -0.3 is 9.64 Å². The molecule has 2 fully saturated rings. The number of hydrogen-bond donors (Lipinski definition) is 0. The molecule has 2 saturated heterocycles.